The number of aromatic nitrogens is 3. The van der Waals surface area contributed by atoms with Crippen LogP contribution in [0.4, 0.5) is 17.2 Å². The van der Waals surface area contributed by atoms with Gasteiger partial charge in [-0.25, -0.2) is 0 Å². The highest BCUT2D eigenvalue weighted by Gasteiger charge is 2.30. The van der Waals surface area contributed by atoms with Gasteiger partial charge in [0.2, 0.25) is 5.91 Å². The normalized spacial score (nSPS) is 13.2. The third kappa shape index (κ3) is 3.66. The van der Waals surface area contributed by atoms with Crippen LogP contribution < -0.4 is 21.5 Å². The Bertz CT molecular complexity index is 1180. The van der Waals surface area contributed by atoms with E-state index in [0.717, 1.165) is 18.2 Å². The summed E-state index contributed by atoms with van der Waals surface area (Å²) in [5, 5.41) is 17.5. The lowest BCUT2D eigenvalue weighted by atomic mass is 10.1. The number of amides is 2. The van der Waals surface area contributed by atoms with Crippen LogP contribution in [0.1, 0.15) is 23.3 Å². The highest BCUT2D eigenvalue weighted by molar-refractivity contribution is 6.01. The lowest BCUT2D eigenvalue weighted by molar-refractivity contribution is -0.117. The van der Waals surface area contributed by atoms with Gasteiger partial charge in [0.05, 0.1) is 16.8 Å². The molecule has 4 rings (SSSR count). The number of pyridine rings is 1. The van der Waals surface area contributed by atoms with Crippen molar-refractivity contribution in [2.75, 3.05) is 17.7 Å². The second-order valence-electron chi connectivity index (χ2n) is 6.96. The van der Waals surface area contributed by atoms with Gasteiger partial charge in [-0.05, 0) is 30.4 Å². The topological polar surface area (TPSA) is 118 Å². The van der Waals surface area contributed by atoms with Gasteiger partial charge in [-0.2, -0.15) is 0 Å². The summed E-state index contributed by atoms with van der Waals surface area (Å²) < 4.78 is 1.49. The van der Waals surface area contributed by atoms with Crippen LogP contribution in [0.15, 0.2) is 41.3 Å². The van der Waals surface area contributed by atoms with Gasteiger partial charge in [0, 0.05) is 32.3 Å². The fourth-order valence-electron chi connectivity index (χ4n) is 3.04. The molecule has 1 saturated carbocycles. The molecule has 2 aromatic heterocycles. The molecule has 3 N–H and O–H groups in total. The van der Waals surface area contributed by atoms with Crippen LogP contribution in [0, 0.1) is 5.92 Å². The van der Waals surface area contributed by atoms with Crippen molar-refractivity contribution in [1.82, 2.24) is 20.1 Å². The highest BCUT2D eigenvalue weighted by atomic mass is 16.2. The maximum atomic E-state index is 12.7. The third-order valence-electron chi connectivity index (χ3n) is 4.81. The number of rotatable bonds is 5. The predicted molar refractivity (Wildman–Crippen MR) is 109 cm³/mol. The summed E-state index contributed by atoms with van der Waals surface area (Å²) in [5.74, 6) is -0.303. The van der Waals surface area contributed by atoms with Gasteiger partial charge in [-0.3, -0.25) is 14.4 Å². The molecule has 1 fully saturated rings. The first-order valence-corrected chi connectivity index (χ1v) is 9.24. The lowest BCUT2D eigenvalue weighted by Crippen LogP contribution is -2.23. The summed E-state index contributed by atoms with van der Waals surface area (Å²) in [6.07, 6.45) is 3.42. The van der Waals surface area contributed by atoms with E-state index >= 15 is 0 Å². The molecule has 1 aliphatic carbocycles. The number of carbonyl (C=O) groups excluding carboxylic acids is 2. The van der Waals surface area contributed by atoms with E-state index < -0.39 is 5.91 Å². The predicted octanol–water partition coefficient (Wildman–Crippen LogP) is 1.78. The fourth-order valence-corrected chi connectivity index (χ4v) is 3.04. The summed E-state index contributed by atoms with van der Waals surface area (Å²) in [6, 6.07) is 8.79. The smallest absolute Gasteiger partial charge is 0.273 e. The Morgan fingerprint density at radius 2 is 1.93 bits per heavy atom. The lowest BCUT2D eigenvalue weighted by Gasteiger charge is -2.14. The molecule has 0 unspecified atom stereocenters. The Kier molecular flexibility index (Phi) is 4.71. The zero-order chi connectivity index (χ0) is 20.5. The van der Waals surface area contributed by atoms with E-state index in [1.54, 1.807) is 25.4 Å². The van der Waals surface area contributed by atoms with E-state index in [-0.39, 0.29) is 28.9 Å². The molecule has 2 heterocycles. The standard InChI is InChI=1S/C20H20N6O3/c1-21-19(28)17-14(10-15(24-25-17)23-18(27)12-6-7-12)22-13-5-3-4-11-8-9-26(2)20(29)16(11)13/h3-5,8-10,12H,6-7H2,1-2H3,(H,21,28)(H2,22,23,24,27). The third-order valence-corrected chi connectivity index (χ3v) is 4.81. The van der Waals surface area contributed by atoms with Crippen LogP contribution in [0.5, 0.6) is 0 Å². The second-order valence-corrected chi connectivity index (χ2v) is 6.96. The Morgan fingerprint density at radius 3 is 2.66 bits per heavy atom. The monoisotopic (exact) mass is 392 g/mol. The number of carbonyl (C=O) groups is 2. The first-order valence-electron chi connectivity index (χ1n) is 9.24. The molecule has 3 aromatic rings. The summed E-state index contributed by atoms with van der Waals surface area (Å²) in [5.41, 5.74) is 0.753. The minimum Gasteiger partial charge on any atom is -0.354 e. The molecule has 0 spiro atoms. The van der Waals surface area contributed by atoms with Crippen LogP contribution in [0.2, 0.25) is 0 Å². The minimum atomic E-state index is -0.437. The van der Waals surface area contributed by atoms with Gasteiger partial charge in [0.15, 0.2) is 11.5 Å². The Hall–Kier alpha value is -3.75. The molecule has 0 bridgehead atoms. The van der Waals surface area contributed by atoms with Crippen LogP contribution >= 0.6 is 0 Å². The van der Waals surface area contributed by atoms with E-state index in [1.807, 2.05) is 18.2 Å². The molecule has 0 radical (unpaired) electrons. The summed E-state index contributed by atoms with van der Waals surface area (Å²) in [6.45, 7) is 0. The van der Waals surface area contributed by atoms with Crippen LogP contribution in [0.3, 0.4) is 0 Å². The van der Waals surface area contributed by atoms with Crippen molar-refractivity contribution in [2.24, 2.45) is 13.0 Å². The average Bonchev–Trinajstić information content (AvgIpc) is 3.56. The first-order chi connectivity index (χ1) is 14.0. The van der Waals surface area contributed by atoms with Gasteiger partial charge in [0.25, 0.3) is 11.5 Å². The average molecular weight is 392 g/mol. The largest absolute Gasteiger partial charge is 0.354 e. The number of anilines is 3. The summed E-state index contributed by atoms with van der Waals surface area (Å²) in [7, 11) is 3.16. The first kappa shape index (κ1) is 18.6. The number of fused-ring (bicyclic) bond motifs is 1. The second kappa shape index (κ2) is 7.34. The van der Waals surface area contributed by atoms with Crippen molar-refractivity contribution in [3.05, 3.63) is 52.6 Å². The van der Waals surface area contributed by atoms with Crippen LogP contribution in [-0.4, -0.2) is 33.6 Å². The minimum absolute atomic E-state index is 0.00733. The fraction of sp³-hybridized carbons (Fsp3) is 0.250. The maximum Gasteiger partial charge on any atom is 0.273 e. The van der Waals surface area contributed by atoms with Gasteiger partial charge < -0.3 is 20.5 Å². The van der Waals surface area contributed by atoms with Gasteiger partial charge in [-0.15, -0.1) is 10.2 Å². The van der Waals surface area contributed by atoms with Gasteiger partial charge >= 0.3 is 0 Å². The van der Waals surface area contributed by atoms with Crippen LogP contribution in [0.25, 0.3) is 10.8 Å². The van der Waals surface area contributed by atoms with Crippen molar-refractivity contribution in [2.45, 2.75) is 12.8 Å². The number of nitrogens with one attached hydrogen (secondary N) is 3. The molecule has 0 atom stereocenters. The molecule has 0 aliphatic heterocycles. The summed E-state index contributed by atoms with van der Waals surface area (Å²) >= 11 is 0. The molecule has 9 nitrogen and oxygen atoms in total. The van der Waals surface area contributed by atoms with Crippen molar-refractivity contribution in [3.63, 3.8) is 0 Å². The van der Waals surface area contributed by atoms with E-state index in [9.17, 15) is 14.4 Å². The number of benzene rings is 1. The van der Waals surface area contributed by atoms with Crippen LogP contribution in [-0.2, 0) is 11.8 Å². The Labute approximate surface area is 166 Å². The van der Waals surface area contributed by atoms with Crippen molar-refractivity contribution >= 4 is 39.8 Å². The molecular weight excluding hydrogens is 372 g/mol. The molecule has 0 saturated heterocycles. The number of hydrogen-bond acceptors (Lipinski definition) is 6. The van der Waals surface area contributed by atoms with E-state index in [1.165, 1.54) is 11.6 Å². The van der Waals surface area contributed by atoms with E-state index in [4.69, 9.17) is 0 Å². The van der Waals surface area contributed by atoms with Gasteiger partial charge in [0.1, 0.15) is 0 Å². The zero-order valence-corrected chi connectivity index (χ0v) is 16.0. The zero-order valence-electron chi connectivity index (χ0n) is 16.0. The quantitative estimate of drug-likeness (QED) is 0.609. The highest BCUT2D eigenvalue weighted by Crippen LogP contribution is 2.31. The van der Waals surface area contributed by atoms with E-state index in [2.05, 4.69) is 26.1 Å². The molecule has 2 amide bonds. The molecule has 9 heteroatoms. The number of nitrogens with zero attached hydrogens (tertiary/aromatic N) is 3. The van der Waals surface area contributed by atoms with Crippen molar-refractivity contribution < 1.29 is 9.59 Å². The Balaban J connectivity index is 1.78. The van der Waals surface area contributed by atoms with Crippen molar-refractivity contribution in [1.29, 1.82) is 0 Å². The molecule has 1 aromatic carbocycles. The number of hydrogen-bond donors (Lipinski definition) is 3. The van der Waals surface area contributed by atoms with Gasteiger partial charge in [-0.1, -0.05) is 12.1 Å². The Morgan fingerprint density at radius 1 is 1.14 bits per heavy atom. The summed E-state index contributed by atoms with van der Waals surface area (Å²) in [4.78, 5) is 37.0. The van der Waals surface area contributed by atoms with Crippen molar-refractivity contribution in [3.8, 4) is 0 Å². The molecule has 29 heavy (non-hydrogen) atoms. The maximum absolute atomic E-state index is 12.7. The SMILES string of the molecule is CNC(=O)c1nnc(NC(=O)C2CC2)cc1Nc1cccc2ccn(C)c(=O)c12. The number of aryl methyl sites for hydroxylation is 1. The molecular formula is C20H20N6O3. The molecule has 1 aliphatic rings. The molecule has 148 valence electrons. The van der Waals surface area contributed by atoms with E-state index in [0.29, 0.717) is 16.8 Å².